The number of para-hydroxylation sites is 1. The number of hydrogen-bond donors (Lipinski definition) is 2. The van der Waals surface area contributed by atoms with Crippen LogP contribution >= 0.6 is 11.8 Å². The Balaban J connectivity index is 1.96. The van der Waals surface area contributed by atoms with Gasteiger partial charge in [0.25, 0.3) is 0 Å². The fraction of sp³-hybridized carbons (Fsp3) is 0.471. The van der Waals surface area contributed by atoms with Crippen molar-refractivity contribution in [1.29, 1.82) is 0 Å². The molecule has 7 heteroatoms. The molecular weight excluding hydrogens is 326 g/mol. The molecule has 2 rings (SSSR count). The van der Waals surface area contributed by atoms with Crippen molar-refractivity contribution < 1.29 is 14.3 Å². The molecule has 2 amide bonds. The first-order chi connectivity index (χ1) is 11.4. The standard InChI is InChI=1S/C17H23N3O3S/c1-10-6-5-7-11(2)15(10)19-14(21)8-13-16(22)20-17(24-13)18-12(3)9-23-4/h5-7,12-13H,8-9H2,1-4H3,(H,19,21)(H,18,20,22)/t12-,13+/m0/s1. The minimum absolute atomic E-state index is 0.0417. The molecule has 130 valence electrons. The maximum atomic E-state index is 12.3. The Bertz CT molecular complexity index is 640. The monoisotopic (exact) mass is 349 g/mol. The van der Waals surface area contributed by atoms with Gasteiger partial charge in [-0.15, -0.1) is 0 Å². The van der Waals surface area contributed by atoms with Crippen molar-refractivity contribution in [3.63, 3.8) is 0 Å². The van der Waals surface area contributed by atoms with E-state index in [1.165, 1.54) is 11.8 Å². The number of rotatable bonds is 6. The number of benzene rings is 1. The summed E-state index contributed by atoms with van der Waals surface area (Å²) in [5.74, 6) is -0.355. The number of ether oxygens (including phenoxy) is 1. The van der Waals surface area contributed by atoms with Gasteiger partial charge in [0.05, 0.1) is 12.6 Å². The number of amides is 2. The average molecular weight is 349 g/mol. The molecule has 1 aromatic rings. The van der Waals surface area contributed by atoms with Crippen molar-refractivity contribution >= 4 is 34.4 Å². The summed E-state index contributed by atoms with van der Waals surface area (Å²) in [5, 5.41) is 5.73. The number of anilines is 1. The molecule has 1 fully saturated rings. The van der Waals surface area contributed by atoms with Gasteiger partial charge in [-0.3, -0.25) is 14.6 Å². The highest BCUT2D eigenvalue weighted by Crippen LogP contribution is 2.25. The molecule has 0 bridgehead atoms. The number of amidine groups is 1. The van der Waals surface area contributed by atoms with Crippen LogP contribution < -0.4 is 10.6 Å². The van der Waals surface area contributed by atoms with E-state index >= 15 is 0 Å². The Morgan fingerprint density at radius 3 is 2.71 bits per heavy atom. The molecule has 0 aliphatic carbocycles. The number of aryl methyl sites for hydroxylation is 2. The van der Waals surface area contributed by atoms with Gasteiger partial charge >= 0.3 is 0 Å². The first-order valence-electron chi connectivity index (χ1n) is 7.81. The van der Waals surface area contributed by atoms with Gasteiger partial charge in [-0.2, -0.15) is 0 Å². The molecule has 2 N–H and O–H groups in total. The van der Waals surface area contributed by atoms with Crippen molar-refractivity contribution in [2.24, 2.45) is 4.99 Å². The third-order valence-corrected chi connectivity index (χ3v) is 4.73. The number of aliphatic imine (C=N–C) groups is 1. The number of hydrogen-bond acceptors (Lipinski definition) is 5. The molecule has 1 aromatic carbocycles. The van der Waals surface area contributed by atoms with E-state index in [0.29, 0.717) is 11.8 Å². The van der Waals surface area contributed by atoms with Gasteiger partial charge in [0.1, 0.15) is 5.25 Å². The van der Waals surface area contributed by atoms with Crippen LogP contribution in [0.5, 0.6) is 0 Å². The molecule has 1 aliphatic rings. The summed E-state index contributed by atoms with van der Waals surface area (Å²) < 4.78 is 5.03. The molecule has 0 saturated carbocycles. The highest BCUT2D eigenvalue weighted by molar-refractivity contribution is 8.15. The van der Waals surface area contributed by atoms with Gasteiger partial charge in [0.2, 0.25) is 11.8 Å². The van der Waals surface area contributed by atoms with E-state index in [2.05, 4.69) is 15.6 Å². The molecule has 0 aromatic heterocycles. The lowest BCUT2D eigenvalue weighted by molar-refractivity contribution is -0.122. The van der Waals surface area contributed by atoms with E-state index in [1.54, 1.807) is 7.11 Å². The van der Waals surface area contributed by atoms with E-state index in [0.717, 1.165) is 16.8 Å². The van der Waals surface area contributed by atoms with E-state index in [1.807, 2.05) is 39.0 Å². The Labute approximate surface area is 146 Å². The molecule has 1 aliphatic heterocycles. The van der Waals surface area contributed by atoms with Gasteiger partial charge < -0.3 is 15.4 Å². The quantitative estimate of drug-likeness (QED) is 0.825. The zero-order chi connectivity index (χ0) is 17.7. The van der Waals surface area contributed by atoms with Crippen LogP contribution in [0.25, 0.3) is 0 Å². The summed E-state index contributed by atoms with van der Waals surface area (Å²) in [5.41, 5.74) is 2.82. The SMILES string of the molecule is COC[C@H](C)N=C1NC(=O)[C@@H](CC(=O)Nc2c(C)cccc2C)S1. The zero-order valence-electron chi connectivity index (χ0n) is 14.4. The molecule has 1 saturated heterocycles. The van der Waals surface area contributed by atoms with Crippen molar-refractivity contribution in [1.82, 2.24) is 5.32 Å². The fourth-order valence-corrected chi connectivity index (χ4v) is 3.52. The zero-order valence-corrected chi connectivity index (χ0v) is 15.2. The predicted molar refractivity (Wildman–Crippen MR) is 97.5 cm³/mol. The third kappa shape index (κ3) is 4.82. The summed E-state index contributed by atoms with van der Waals surface area (Å²) >= 11 is 1.29. The van der Waals surface area contributed by atoms with Crippen molar-refractivity contribution in [2.75, 3.05) is 19.0 Å². The van der Waals surface area contributed by atoms with Gasteiger partial charge in [0.15, 0.2) is 5.17 Å². The Morgan fingerprint density at radius 1 is 1.42 bits per heavy atom. The second-order valence-electron chi connectivity index (χ2n) is 5.85. The third-order valence-electron chi connectivity index (χ3n) is 3.64. The summed E-state index contributed by atoms with van der Waals surface area (Å²) in [6.45, 7) is 6.28. The van der Waals surface area contributed by atoms with E-state index in [9.17, 15) is 9.59 Å². The van der Waals surface area contributed by atoms with Gasteiger partial charge in [0, 0.05) is 19.2 Å². The minimum Gasteiger partial charge on any atom is -0.382 e. The molecular formula is C17H23N3O3S. The lowest BCUT2D eigenvalue weighted by atomic mass is 10.1. The first-order valence-corrected chi connectivity index (χ1v) is 8.69. The normalized spacial score (nSPS) is 20.1. The Kier molecular flexibility index (Phi) is 6.39. The number of nitrogens with zero attached hydrogens (tertiary/aromatic N) is 1. The number of carbonyl (C=O) groups is 2. The smallest absolute Gasteiger partial charge is 0.240 e. The maximum Gasteiger partial charge on any atom is 0.240 e. The molecule has 0 spiro atoms. The van der Waals surface area contributed by atoms with Crippen LogP contribution in [0.4, 0.5) is 5.69 Å². The van der Waals surface area contributed by atoms with Crippen LogP contribution in [0, 0.1) is 13.8 Å². The lowest BCUT2D eigenvalue weighted by Gasteiger charge is -2.12. The minimum atomic E-state index is -0.456. The van der Waals surface area contributed by atoms with Gasteiger partial charge in [-0.1, -0.05) is 30.0 Å². The van der Waals surface area contributed by atoms with Crippen molar-refractivity contribution in [2.45, 2.75) is 38.5 Å². The van der Waals surface area contributed by atoms with Crippen molar-refractivity contribution in [3.8, 4) is 0 Å². The van der Waals surface area contributed by atoms with E-state index < -0.39 is 5.25 Å². The average Bonchev–Trinajstić information content (AvgIpc) is 2.83. The summed E-state index contributed by atoms with van der Waals surface area (Å²) in [6, 6.07) is 5.80. The number of nitrogens with one attached hydrogen (secondary N) is 2. The Hall–Kier alpha value is -1.86. The molecule has 6 nitrogen and oxygen atoms in total. The van der Waals surface area contributed by atoms with Crippen LogP contribution in [0.3, 0.4) is 0 Å². The Morgan fingerprint density at radius 2 is 2.08 bits per heavy atom. The van der Waals surface area contributed by atoms with E-state index in [-0.39, 0.29) is 24.3 Å². The number of methoxy groups -OCH3 is 1. The first kappa shape index (κ1) is 18.5. The second-order valence-corrected chi connectivity index (χ2v) is 7.04. The molecule has 2 atom stereocenters. The maximum absolute atomic E-state index is 12.3. The highest BCUT2D eigenvalue weighted by atomic mass is 32.2. The largest absolute Gasteiger partial charge is 0.382 e. The van der Waals surface area contributed by atoms with Gasteiger partial charge in [-0.05, 0) is 31.9 Å². The van der Waals surface area contributed by atoms with E-state index in [4.69, 9.17) is 4.74 Å². The molecule has 1 heterocycles. The molecule has 24 heavy (non-hydrogen) atoms. The van der Waals surface area contributed by atoms with Crippen LogP contribution in [0.2, 0.25) is 0 Å². The number of thioether (sulfide) groups is 1. The molecule has 0 radical (unpaired) electrons. The predicted octanol–water partition coefficient (Wildman–Crippen LogP) is 2.25. The van der Waals surface area contributed by atoms with Crippen LogP contribution in [0.1, 0.15) is 24.5 Å². The van der Waals surface area contributed by atoms with Crippen LogP contribution in [0.15, 0.2) is 23.2 Å². The van der Waals surface area contributed by atoms with Crippen LogP contribution in [-0.2, 0) is 14.3 Å². The topological polar surface area (TPSA) is 79.8 Å². The lowest BCUT2D eigenvalue weighted by Crippen LogP contribution is -2.28. The number of carbonyl (C=O) groups excluding carboxylic acids is 2. The second kappa shape index (κ2) is 8.30. The molecule has 0 unspecified atom stereocenters. The van der Waals surface area contributed by atoms with Gasteiger partial charge in [-0.25, -0.2) is 0 Å². The summed E-state index contributed by atoms with van der Waals surface area (Å²) in [7, 11) is 1.61. The fourth-order valence-electron chi connectivity index (χ4n) is 2.45. The van der Waals surface area contributed by atoms with Crippen molar-refractivity contribution in [3.05, 3.63) is 29.3 Å². The highest BCUT2D eigenvalue weighted by Gasteiger charge is 2.32. The summed E-state index contributed by atoms with van der Waals surface area (Å²) in [4.78, 5) is 28.7. The summed E-state index contributed by atoms with van der Waals surface area (Å²) in [6.07, 6.45) is 0.113. The van der Waals surface area contributed by atoms with Crippen LogP contribution in [-0.4, -0.2) is 42.0 Å².